The number of hydrogen-bond donors (Lipinski definition) is 2. The van der Waals surface area contributed by atoms with Crippen molar-refractivity contribution < 1.29 is 27.9 Å². The second-order valence-electron chi connectivity index (χ2n) is 11.2. The second kappa shape index (κ2) is 12.8. The standard InChI is InChI=1S/C30H40N5O6P/c1-8-38-18-25-33-26-27(23-11-9-10-12-24(23)32-28(26)31)35(25)17-20(3)40-42(37,41-22-15-13-19(2)14-16-22)34-21(4)29(36)39-30(5,6)7/h9-16,20-21H,8,17-18H2,1-7H3,(H2,31,32)(H,34,37)/t20-,21+,42?/m1/s1. The maximum absolute atomic E-state index is 14.2. The van der Waals surface area contributed by atoms with Gasteiger partial charge in [0.05, 0.1) is 23.7 Å². The predicted octanol–water partition coefficient (Wildman–Crippen LogP) is 5.92. The third kappa shape index (κ3) is 7.66. The fraction of sp³-hybridized carbons (Fsp3) is 0.433. The Labute approximate surface area is 246 Å². The molecule has 3 atom stereocenters. The van der Waals surface area contributed by atoms with Crippen molar-refractivity contribution >= 4 is 41.5 Å². The Morgan fingerprint density at radius 2 is 1.79 bits per heavy atom. The van der Waals surface area contributed by atoms with Crippen LogP contribution < -0.4 is 15.3 Å². The smallest absolute Gasteiger partial charge is 0.459 e. The highest BCUT2D eigenvalue weighted by Gasteiger charge is 2.35. The highest BCUT2D eigenvalue weighted by Crippen LogP contribution is 2.46. The van der Waals surface area contributed by atoms with Crippen LogP contribution in [-0.2, 0) is 36.5 Å². The fourth-order valence-corrected chi connectivity index (χ4v) is 6.10. The minimum Gasteiger partial charge on any atom is -0.459 e. The molecule has 0 radical (unpaired) electrons. The predicted molar refractivity (Wildman–Crippen MR) is 163 cm³/mol. The van der Waals surface area contributed by atoms with Crippen molar-refractivity contribution in [3.05, 3.63) is 59.9 Å². The minimum atomic E-state index is -4.11. The summed E-state index contributed by atoms with van der Waals surface area (Å²) in [4.78, 5) is 22.0. The van der Waals surface area contributed by atoms with Crippen LogP contribution in [-0.4, -0.2) is 44.9 Å². The molecule has 2 aromatic heterocycles. The number of nitrogens with one attached hydrogen (secondary N) is 1. The lowest BCUT2D eigenvalue weighted by atomic mass is 10.2. The molecule has 226 valence electrons. The van der Waals surface area contributed by atoms with Gasteiger partial charge in [-0.2, -0.15) is 5.09 Å². The number of carbonyl (C=O) groups is 1. The van der Waals surface area contributed by atoms with Crippen LogP contribution in [0.3, 0.4) is 0 Å². The number of ether oxygens (including phenoxy) is 2. The lowest BCUT2D eigenvalue weighted by Gasteiger charge is -2.28. The van der Waals surface area contributed by atoms with E-state index in [0.29, 0.717) is 29.5 Å². The molecule has 0 aliphatic heterocycles. The van der Waals surface area contributed by atoms with E-state index in [1.807, 2.05) is 54.8 Å². The van der Waals surface area contributed by atoms with Gasteiger partial charge < -0.3 is 24.3 Å². The molecular formula is C30H40N5O6P. The first-order valence-corrected chi connectivity index (χ1v) is 15.5. The van der Waals surface area contributed by atoms with Gasteiger partial charge in [-0.25, -0.2) is 14.5 Å². The molecule has 4 aromatic rings. The number of fused-ring (bicyclic) bond motifs is 3. The van der Waals surface area contributed by atoms with Crippen molar-refractivity contribution in [2.45, 2.75) is 79.4 Å². The van der Waals surface area contributed by atoms with Crippen LogP contribution >= 0.6 is 7.75 Å². The molecule has 12 heteroatoms. The zero-order chi connectivity index (χ0) is 30.7. The molecule has 0 spiro atoms. The molecule has 0 amide bonds. The summed E-state index contributed by atoms with van der Waals surface area (Å²) in [5.74, 6) is 0.669. The molecule has 11 nitrogen and oxygen atoms in total. The van der Waals surface area contributed by atoms with E-state index in [-0.39, 0.29) is 13.2 Å². The van der Waals surface area contributed by atoms with Crippen LogP contribution in [0.4, 0.5) is 5.82 Å². The van der Waals surface area contributed by atoms with E-state index in [4.69, 9.17) is 29.2 Å². The molecular weight excluding hydrogens is 557 g/mol. The van der Waals surface area contributed by atoms with E-state index in [9.17, 15) is 9.36 Å². The van der Waals surface area contributed by atoms with E-state index in [2.05, 4.69) is 10.1 Å². The summed E-state index contributed by atoms with van der Waals surface area (Å²) in [7, 11) is -4.11. The lowest BCUT2D eigenvalue weighted by Crippen LogP contribution is -2.39. The number of nitrogen functional groups attached to an aromatic ring is 1. The van der Waals surface area contributed by atoms with E-state index in [0.717, 1.165) is 22.0 Å². The molecule has 1 unspecified atom stereocenters. The van der Waals surface area contributed by atoms with E-state index >= 15 is 0 Å². The number of nitrogens with two attached hydrogens (primary N) is 1. The number of pyridine rings is 1. The Hall–Kier alpha value is -3.50. The maximum Gasteiger partial charge on any atom is 0.459 e. The maximum atomic E-state index is 14.2. The Kier molecular flexibility index (Phi) is 9.57. The van der Waals surface area contributed by atoms with Crippen LogP contribution in [0.25, 0.3) is 21.9 Å². The van der Waals surface area contributed by atoms with Gasteiger partial charge in [0.15, 0.2) is 5.82 Å². The summed E-state index contributed by atoms with van der Waals surface area (Å²) in [6, 6.07) is 13.7. The molecule has 42 heavy (non-hydrogen) atoms. The number of esters is 1. The quantitative estimate of drug-likeness (QED) is 0.149. The third-order valence-corrected chi connectivity index (χ3v) is 8.03. The summed E-state index contributed by atoms with van der Waals surface area (Å²) >= 11 is 0. The van der Waals surface area contributed by atoms with Gasteiger partial charge in [0, 0.05) is 12.0 Å². The zero-order valence-electron chi connectivity index (χ0n) is 25.2. The summed E-state index contributed by atoms with van der Waals surface area (Å²) < 4.78 is 39.4. The summed E-state index contributed by atoms with van der Waals surface area (Å²) in [5, 5.41) is 3.63. The normalized spacial score (nSPS) is 14.9. The molecule has 0 aliphatic rings. The summed E-state index contributed by atoms with van der Waals surface area (Å²) in [6.07, 6.45) is -0.675. The van der Waals surface area contributed by atoms with Crippen molar-refractivity contribution in [3.8, 4) is 5.75 Å². The molecule has 0 bridgehead atoms. The number of aromatic nitrogens is 3. The third-order valence-electron chi connectivity index (χ3n) is 6.24. The number of para-hydroxylation sites is 1. The second-order valence-corrected chi connectivity index (χ2v) is 12.8. The number of carbonyl (C=O) groups excluding carboxylic acids is 1. The number of imidazole rings is 1. The van der Waals surface area contributed by atoms with Gasteiger partial charge in [-0.1, -0.05) is 35.9 Å². The largest absolute Gasteiger partial charge is 0.459 e. The van der Waals surface area contributed by atoms with Crippen LogP contribution in [0.2, 0.25) is 0 Å². The van der Waals surface area contributed by atoms with Gasteiger partial charge in [0.1, 0.15) is 35.3 Å². The monoisotopic (exact) mass is 597 g/mol. The molecule has 3 N–H and O–H groups in total. The van der Waals surface area contributed by atoms with Crippen molar-refractivity contribution in [2.24, 2.45) is 0 Å². The first-order chi connectivity index (χ1) is 19.8. The summed E-state index contributed by atoms with van der Waals surface area (Å²) in [5.41, 5.74) is 8.64. The van der Waals surface area contributed by atoms with Crippen molar-refractivity contribution in [1.29, 1.82) is 0 Å². The van der Waals surface area contributed by atoms with Crippen LogP contribution in [0, 0.1) is 6.92 Å². The SMILES string of the molecule is CCOCc1nc2c(N)nc3ccccc3c2n1C[C@@H](C)OP(=O)(N[C@@H](C)C(=O)OC(C)(C)C)Oc1ccc(C)cc1. The number of aryl methyl sites for hydroxylation is 1. The fourth-order valence-electron chi connectivity index (χ4n) is 4.43. The van der Waals surface area contributed by atoms with Gasteiger partial charge in [0.2, 0.25) is 0 Å². The number of rotatable bonds is 12. The number of anilines is 1. The zero-order valence-corrected chi connectivity index (χ0v) is 26.1. The first-order valence-electron chi connectivity index (χ1n) is 13.9. The highest BCUT2D eigenvalue weighted by atomic mass is 31.2. The molecule has 2 heterocycles. The topological polar surface area (TPSA) is 140 Å². The van der Waals surface area contributed by atoms with Crippen molar-refractivity contribution in [2.75, 3.05) is 12.3 Å². The lowest BCUT2D eigenvalue weighted by molar-refractivity contribution is -0.156. The Morgan fingerprint density at radius 1 is 1.10 bits per heavy atom. The van der Waals surface area contributed by atoms with Crippen LogP contribution in [0.15, 0.2) is 48.5 Å². The molecule has 0 saturated heterocycles. The highest BCUT2D eigenvalue weighted by molar-refractivity contribution is 7.52. The average Bonchev–Trinajstić information content (AvgIpc) is 3.26. The van der Waals surface area contributed by atoms with Crippen molar-refractivity contribution in [1.82, 2.24) is 19.6 Å². The molecule has 2 aromatic carbocycles. The first kappa shape index (κ1) is 31.4. The van der Waals surface area contributed by atoms with Gasteiger partial charge >= 0.3 is 13.7 Å². The number of benzene rings is 2. The Morgan fingerprint density at radius 3 is 2.45 bits per heavy atom. The van der Waals surface area contributed by atoms with E-state index in [1.165, 1.54) is 0 Å². The van der Waals surface area contributed by atoms with Gasteiger partial charge in [-0.3, -0.25) is 9.32 Å². The molecule has 4 rings (SSSR count). The Bertz CT molecular complexity index is 1600. The number of hydrogen-bond acceptors (Lipinski definition) is 9. The van der Waals surface area contributed by atoms with Gasteiger partial charge in [0.25, 0.3) is 0 Å². The number of nitrogens with zero attached hydrogens (tertiary/aromatic N) is 3. The van der Waals surface area contributed by atoms with E-state index < -0.39 is 31.5 Å². The molecule has 0 saturated carbocycles. The Balaban J connectivity index is 1.68. The van der Waals surface area contributed by atoms with Crippen molar-refractivity contribution in [3.63, 3.8) is 0 Å². The molecule has 0 aliphatic carbocycles. The van der Waals surface area contributed by atoms with Gasteiger partial charge in [-0.05, 0) is 66.7 Å². The van der Waals surface area contributed by atoms with E-state index in [1.54, 1.807) is 46.8 Å². The molecule has 0 fully saturated rings. The van der Waals surface area contributed by atoms with Crippen LogP contribution in [0.5, 0.6) is 5.75 Å². The van der Waals surface area contributed by atoms with Gasteiger partial charge in [-0.15, -0.1) is 0 Å². The summed E-state index contributed by atoms with van der Waals surface area (Å²) in [6.45, 7) is 13.4. The average molecular weight is 598 g/mol. The van der Waals surface area contributed by atoms with Crippen LogP contribution in [0.1, 0.15) is 52.9 Å². The minimum absolute atomic E-state index is 0.232.